The van der Waals surface area contributed by atoms with Gasteiger partial charge in [0.15, 0.2) is 21.5 Å². The molecule has 9 nitrogen and oxygen atoms in total. The molecule has 3 aromatic rings. The molecule has 0 radical (unpaired) electrons. The molecular formula is C23H14F3N3O6S. The highest BCUT2D eigenvalue weighted by Crippen LogP contribution is 2.53. The van der Waals surface area contributed by atoms with Crippen molar-refractivity contribution in [2.75, 3.05) is 15.6 Å². The molecule has 13 heteroatoms. The lowest BCUT2D eigenvalue weighted by atomic mass is 10.0. The third kappa shape index (κ3) is 3.19. The second kappa shape index (κ2) is 7.88. The van der Waals surface area contributed by atoms with Gasteiger partial charge in [0.1, 0.15) is 11.6 Å². The molecule has 36 heavy (non-hydrogen) atoms. The second-order valence-corrected chi connectivity index (χ2v) is 10.3. The van der Waals surface area contributed by atoms with Crippen molar-refractivity contribution >= 4 is 38.7 Å². The van der Waals surface area contributed by atoms with Gasteiger partial charge < -0.3 is 4.90 Å². The minimum atomic E-state index is -4.72. The van der Waals surface area contributed by atoms with Crippen LogP contribution in [0.4, 0.5) is 30.2 Å². The topological polar surface area (TPSA) is 118 Å². The minimum Gasteiger partial charge on any atom is -0.304 e. The first-order valence-corrected chi connectivity index (χ1v) is 12.0. The summed E-state index contributed by atoms with van der Waals surface area (Å²) < 4.78 is 68.6. The average Bonchev–Trinajstić information content (AvgIpc) is 3.18. The lowest BCUT2D eigenvalue weighted by Gasteiger charge is -2.32. The summed E-state index contributed by atoms with van der Waals surface area (Å²) in [5, 5.41) is 11.5. The quantitative estimate of drug-likeness (QED) is 0.388. The Morgan fingerprint density at radius 2 is 1.72 bits per heavy atom. The third-order valence-electron chi connectivity index (χ3n) is 6.10. The maximum Gasteiger partial charge on any atom is 0.274 e. The van der Waals surface area contributed by atoms with E-state index in [1.54, 1.807) is 0 Å². The van der Waals surface area contributed by atoms with Crippen molar-refractivity contribution in [3.05, 3.63) is 99.4 Å². The SMILES string of the molecule is O=C1CS(=O)(=O)[C@@]2(C(=O)N(Cc3cccc(F)c3)c3ccc([N+](=O)[O-])cc32)N1c1ccc(F)c(F)c1. The van der Waals surface area contributed by atoms with Crippen molar-refractivity contribution in [3.8, 4) is 0 Å². The number of non-ortho nitro benzene ring substituents is 1. The van der Waals surface area contributed by atoms with Gasteiger partial charge in [0.2, 0.25) is 5.91 Å². The van der Waals surface area contributed by atoms with Crippen LogP contribution in [0.1, 0.15) is 11.1 Å². The Bertz CT molecular complexity index is 1600. The van der Waals surface area contributed by atoms with E-state index in [1.165, 1.54) is 18.2 Å². The number of rotatable bonds is 4. The number of anilines is 2. The van der Waals surface area contributed by atoms with E-state index in [0.717, 1.165) is 35.2 Å². The lowest BCUT2D eigenvalue weighted by molar-refractivity contribution is -0.384. The van der Waals surface area contributed by atoms with E-state index in [2.05, 4.69) is 0 Å². The van der Waals surface area contributed by atoms with Crippen molar-refractivity contribution in [1.82, 2.24) is 0 Å². The summed E-state index contributed by atoms with van der Waals surface area (Å²) in [6, 6.07) is 10.4. The number of hydrogen-bond acceptors (Lipinski definition) is 6. The van der Waals surface area contributed by atoms with Crippen LogP contribution in [0.3, 0.4) is 0 Å². The Kier molecular flexibility index (Phi) is 5.14. The van der Waals surface area contributed by atoms with E-state index in [0.29, 0.717) is 17.0 Å². The highest BCUT2D eigenvalue weighted by Gasteiger charge is 2.70. The number of halogens is 3. The molecule has 2 amide bonds. The Morgan fingerprint density at radius 3 is 2.39 bits per heavy atom. The van der Waals surface area contributed by atoms with Gasteiger partial charge in [-0.1, -0.05) is 12.1 Å². The van der Waals surface area contributed by atoms with Crippen LogP contribution in [-0.4, -0.2) is 30.9 Å². The second-order valence-electron chi connectivity index (χ2n) is 8.21. The molecule has 0 unspecified atom stereocenters. The van der Waals surface area contributed by atoms with Gasteiger partial charge >= 0.3 is 0 Å². The van der Waals surface area contributed by atoms with E-state index in [9.17, 15) is 41.3 Å². The van der Waals surface area contributed by atoms with E-state index >= 15 is 0 Å². The van der Waals surface area contributed by atoms with Crippen molar-refractivity contribution in [2.45, 2.75) is 11.4 Å². The molecule has 1 fully saturated rings. The van der Waals surface area contributed by atoms with Crippen LogP contribution in [0.5, 0.6) is 0 Å². The molecule has 1 spiro atoms. The van der Waals surface area contributed by atoms with E-state index < -0.39 is 71.6 Å². The van der Waals surface area contributed by atoms with Gasteiger partial charge in [-0.15, -0.1) is 0 Å². The summed E-state index contributed by atoms with van der Waals surface area (Å²) in [6.07, 6.45) is 0. The molecule has 0 aromatic heterocycles. The molecule has 0 saturated carbocycles. The van der Waals surface area contributed by atoms with Crippen LogP contribution < -0.4 is 9.80 Å². The van der Waals surface area contributed by atoms with Crippen LogP contribution >= 0.6 is 0 Å². The predicted octanol–water partition coefficient (Wildman–Crippen LogP) is 3.17. The zero-order valence-corrected chi connectivity index (χ0v) is 18.8. The van der Waals surface area contributed by atoms with E-state index in [1.807, 2.05) is 0 Å². The van der Waals surface area contributed by atoms with Crippen molar-refractivity contribution in [3.63, 3.8) is 0 Å². The number of fused-ring (bicyclic) bond motifs is 2. The third-order valence-corrected chi connectivity index (χ3v) is 8.21. The number of hydrogen-bond donors (Lipinski definition) is 0. The molecule has 1 atom stereocenters. The Balaban J connectivity index is 1.80. The highest BCUT2D eigenvalue weighted by molar-refractivity contribution is 7.94. The maximum absolute atomic E-state index is 14.1. The van der Waals surface area contributed by atoms with Crippen molar-refractivity contribution < 1.29 is 36.1 Å². The predicted molar refractivity (Wildman–Crippen MR) is 120 cm³/mol. The van der Waals surface area contributed by atoms with Gasteiger partial charge in [-0.25, -0.2) is 21.6 Å². The summed E-state index contributed by atoms with van der Waals surface area (Å²) in [4.78, 5) is 36.4. The number of amides is 2. The monoisotopic (exact) mass is 517 g/mol. The fourth-order valence-corrected chi connectivity index (χ4v) is 6.66. The number of carbonyl (C=O) groups is 2. The van der Waals surface area contributed by atoms with Crippen LogP contribution in [0.25, 0.3) is 0 Å². The molecule has 5 rings (SSSR count). The standard InChI is InChI=1S/C23H14F3N3O6S/c24-14-3-1-2-13(8-14)11-27-20-7-5-16(29(32)33)9-17(20)23(22(27)31)28(21(30)12-36(23,34)35)15-4-6-18(25)19(26)10-15/h1-10H,11-12H2/t23-/m0/s1. The summed E-state index contributed by atoms with van der Waals surface area (Å²) in [6.45, 7) is -0.335. The van der Waals surface area contributed by atoms with Crippen LogP contribution in [0.2, 0.25) is 0 Å². The number of nitrogens with zero attached hydrogens (tertiary/aromatic N) is 3. The van der Waals surface area contributed by atoms with Gasteiger partial charge in [0.25, 0.3) is 16.5 Å². The largest absolute Gasteiger partial charge is 0.304 e. The van der Waals surface area contributed by atoms with Gasteiger partial charge in [0, 0.05) is 29.4 Å². The van der Waals surface area contributed by atoms with Gasteiger partial charge in [-0.2, -0.15) is 0 Å². The summed E-state index contributed by atoms with van der Waals surface area (Å²) in [5.41, 5.74) is -1.19. The van der Waals surface area contributed by atoms with E-state index in [4.69, 9.17) is 0 Å². The fraction of sp³-hybridized carbons (Fsp3) is 0.130. The molecule has 2 heterocycles. The first-order chi connectivity index (χ1) is 17.0. The number of benzene rings is 3. The van der Waals surface area contributed by atoms with Crippen molar-refractivity contribution in [2.24, 2.45) is 0 Å². The Labute approximate surface area is 201 Å². The molecule has 2 aliphatic heterocycles. The maximum atomic E-state index is 14.1. The molecule has 184 valence electrons. The average molecular weight is 517 g/mol. The number of nitro groups is 1. The van der Waals surface area contributed by atoms with E-state index in [-0.39, 0.29) is 17.8 Å². The minimum absolute atomic E-state index is 0.0688. The van der Waals surface area contributed by atoms with Gasteiger partial charge in [-0.05, 0) is 35.9 Å². The fourth-order valence-electron chi connectivity index (χ4n) is 4.64. The molecule has 2 aliphatic rings. The number of carbonyl (C=O) groups excluding carboxylic acids is 2. The van der Waals surface area contributed by atoms with Crippen LogP contribution in [-0.2, 0) is 30.8 Å². The summed E-state index contributed by atoms with van der Waals surface area (Å²) in [7, 11) is -4.72. The lowest BCUT2D eigenvalue weighted by Crippen LogP contribution is -2.54. The van der Waals surface area contributed by atoms with Crippen LogP contribution in [0.15, 0.2) is 60.7 Å². The highest BCUT2D eigenvalue weighted by atomic mass is 32.2. The first-order valence-electron chi connectivity index (χ1n) is 10.3. The molecule has 3 aromatic carbocycles. The summed E-state index contributed by atoms with van der Waals surface area (Å²) in [5.74, 6) is -6.74. The van der Waals surface area contributed by atoms with Crippen LogP contribution in [0, 0.1) is 27.6 Å². The molecule has 0 N–H and O–H groups in total. The first kappa shape index (κ1) is 23.5. The smallest absolute Gasteiger partial charge is 0.274 e. The molecular weight excluding hydrogens is 503 g/mol. The normalized spacial score (nSPS) is 20.3. The Hall–Kier alpha value is -4.26. The van der Waals surface area contributed by atoms with Crippen molar-refractivity contribution in [1.29, 1.82) is 0 Å². The molecule has 0 aliphatic carbocycles. The molecule has 1 saturated heterocycles. The number of nitro benzene ring substituents is 1. The van der Waals surface area contributed by atoms with Gasteiger partial charge in [0.05, 0.1) is 17.2 Å². The Morgan fingerprint density at radius 1 is 0.972 bits per heavy atom. The zero-order valence-electron chi connectivity index (χ0n) is 18.0. The number of sulfone groups is 1. The van der Waals surface area contributed by atoms with Gasteiger partial charge in [-0.3, -0.25) is 24.6 Å². The zero-order chi connectivity index (χ0) is 26.0. The molecule has 0 bridgehead atoms. The summed E-state index contributed by atoms with van der Waals surface area (Å²) >= 11 is 0.